The highest BCUT2D eigenvalue weighted by atomic mass is 16.5. The van der Waals surface area contributed by atoms with Crippen molar-refractivity contribution in [1.29, 1.82) is 5.41 Å². The first-order chi connectivity index (χ1) is 4.93. The Morgan fingerprint density at radius 1 is 1.80 bits per heavy atom. The third kappa shape index (κ3) is 1.93. The van der Waals surface area contributed by atoms with Crippen LogP contribution >= 0.6 is 0 Å². The third-order valence-corrected chi connectivity index (χ3v) is 1.23. The molecule has 0 aromatic heterocycles. The molecule has 1 heterocycles. The van der Waals surface area contributed by atoms with E-state index in [2.05, 4.69) is 5.32 Å². The molecule has 3 heteroatoms. The van der Waals surface area contributed by atoms with E-state index in [0.717, 1.165) is 18.5 Å². The van der Waals surface area contributed by atoms with Crippen LogP contribution in [-0.4, -0.2) is 19.6 Å². The topological polar surface area (TPSA) is 45.1 Å². The van der Waals surface area contributed by atoms with Crippen molar-refractivity contribution in [3.8, 4) is 0 Å². The highest BCUT2D eigenvalue weighted by Crippen LogP contribution is 1.97. The van der Waals surface area contributed by atoms with Crippen LogP contribution in [0.2, 0.25) is 0 Å². The van der Waals surface area contributed by atoms with Crippen LogP contribution in [0.5, 0.6) is 0 Å². The largest absolute Gasteiger partial charge is 0.479 e. The molecule has 0 unspecified atom stereocenters. The molecule has 0 saturated carbocycles. The lowest BCUT2D eigenvalue weighted by Gasteiger charge is -2.08. The van der Waals surface area contributed by atoms with Gasteiger partial charge in [0, 0.05) is 6.54 Å². The molecule has 0 amide bonds. The van der Waals surface area contributed by atoms with Crippen LogP contribution in [0.25, 0.3) is 0 Å². The first kappa shape index (κ1) is 6.86. The summed E-state index contributed by atoms with van der Waals surface area (Å²) in [5.41, 5.74) is 1.16. The maximum Gasteiger partial charge on any atom is 0.167 e. The van der Waals surface area contributed by atoms with E-state index < -0.39 is 0 Å². The number of dihydropyridines is 1. The van der Waals surface area contributed by atoms with Gasteiger partial charge in [0.2, 0.25) is 0 Å². The molecule has 0 bridgehead atoms. The number of nitrogens with one attached hydrogen (secondary N) is 2. The summed E-state index contributed by atoms with van der Waals surface area (Å²) in [4.78, 5) is 0. The Morgan fingerprint density at radius 2 is 2.70 bits per heavy atom. The van der Waals surface area contributed by atoms with Gasteiger partial charge >= 0.3 is 0 Å². The van der Waals surface area contributed by atoms with Crippen LogP contribution in [0, 0.1) is 5.41 Å². The lowest BCUT2D eigenvalue weighted by atomic mass is 10.2. The Kier molecular flexibility index (Phi) is 2.55. The van der Waals surface area contributed by atoms with Crippen molar-refractivity contribution in [1.82, 2.24) is 5.32 Å². The minimum atomic E-state index is 0.515. The fourth-order valence-corrected chi connectivity index (χ4v) is 0.749. The molecular weight excluding hydrogens is 128 g/mol. The lowest BCUT2D eigenvalue weighted by Crippen LogP contribution is -2.15. The van der Waals surface area contributed by atoms with Gasteiger partial charge < -0.3 is 10.1 Å². The number of rotatable bonds is 3. The van der Waals surface area contributed by atoms with E-state index in [4.69, 9.17) is 10.1 Å². The molecule has 0 aromatic carbocycles. The maximum absolute atomic E-state index is 6.61. The summed E-state index contributed by atoms with van der Waals surface area (Å²) >= 11 is 0. The molecule has 1 aliphatic rings. The SMILES string of the molecule is N=COCC1=CC=CNC1. The van der Waals surface area contributed by atoms with Gasteiger partial charge in [0.25, 0.3) is 0 Å². The van der Waals surface area contributed by atoms with Crippen LogP contribution < -0.4 is 5.32 Å². The van der Waals surface area contributed by atoms with Gasteiger partial charge in [0.15, 0.2) is 6.40 Å². The van der Waals surface area contributed by atoms with Gasteiger partial charge in [-0.3, -0.25) is 5.41 Å². The Bertz CT molecular complexity index is 172. The highest BCUT2D eigenvalue weighted by molar-refractivity contribution is 5.41. The predicted octanol–water partition coefficient (Wildman–Crippen LogP) is 0.653. The Balaban J connectivity index is 2.32. The minimum absolute atomic E-state index is 0.515. The molecule has 1 rings (SSSR count). The molecule has 0 aromatic rings. The quantitative estimate of drug-likeness (QED) is 0.444. The van der Waals surface area contributed by atoms with E-state index in [1.165, 1.54) is 0 Å². The van der Waals surface area contributed by atoms with Crippen LogP contribution in [0.4, 0.5) is 0 Å². The molecule has 10 heavy (non-hydrogen) atoms. The van der Waals surface area contributed by atoms with Crippen molar-refractivity contribution >= 4 is 6.40 Å². The minimum Gasteiger partial charge on any atom is -0.479 e. The number of hydrogen-bond acceptors (Lipinski definition) is 3. The summed E-state index contributed by atoms with van der Waals surface area (Å²) in [5, 5.41) is 9.65. The van der Waals surface area contributed by atoms with E-state index in [1.807, 2.05) is 18.4 Å². The fourth-order valence-electron chi connectivity index (χ4n) is 0.749. The van der Waals surface area contributed by atoms with Crippen molar-refractivity contribution in [3.05, 3.63) is 23.9 Å². The molecule has 3 nitrogen and oxygen atoms in total. The molecule has 0 aliphatic carbocycles. The average Bonchev–Trinajstić information content (AvgIpc) is 2.03. The highest BCUT2D eigenvalue weighted by Gasteiger charge is 1.96. The van der Waals surface area contributed by atoms with E-state index >= 15 is 0 Å². The first-order valence-electron chi connectivity index (χ1n) is 3.12. The van der Waals surface area contributed by atoms with E-state index in [-0.39, 0.29) is 0 Å². The number of allylic oxidation sites excluding steroid dienone is 2. The van der Waals surface area contributed by atoms with Crippen molar-refractivity contribution in [3.63, 3.8) is 0 Å². The molecule has 2 N–H and O–H groups in total. The van der Waals surface area contributed by atoms with Gasteiger partial charge in [0.1, 0.15) is 6.61 Å². The second-order valence-electron chi connectivity index (χ2n) is 1.99. The number of ether oxygens (including phenoxy) is 1. The Morgan fingerprint density at radius 3 is 3.30 bits per heavy atom. The van der Waals surface area contributed by atoms with Gasteiger partial charge in [-0.25, -0.2) is 0 Å². The molecular formula is C7H10N2O. The summed E-state index contributed by atoms with van der Waals surface area (Å²) < 4.78 is 4.77. The smallest absolute Gasteiger partial charge is 0.167 e. The Hall–Kier alpha value is -1.25. The summed E-state index contributed by atoms with van der Waals surface area (Å²) in [6.45, 7) is 1.34. The van der Waals surface area contributed by atoms with Crippen LogP contribution in [0.3, 0.4) is 0 Å². The molecule has 0 fully saturated rings. The fraction of sp³-hybridized carbons (Fsp3) is 0.286. The zero-order valence-corrected chi connectivity index (χ0v) is 5.63. The summed E-state index contributed by atoms with van der Waals surface area (Å²) in [7, 11) is 0. The zero-order valence-electron chi connectivity index (χ0n) is 5.63. The van der Waals surface area contributed by atoms with Gasteiger partial charge in [-0.2, -0.15) is 0 Å². The monoisotopic (exact) mass is 138 g/mol. The lowest BCUT2D eigenvalue weighted by molar-refractivity contribution is 0.350. The zero-order chi connectivity index (χ0) is 7.23. The molecule has 1 aliphatic heterocycles. The summed E-state index contributed by atoms with van der Waals surface area (Å²) in [6, 6.07) is 0. The van der Waals surface area contributed by atoms with Crippen molar-refractivity contribution < 1.29 is 4.74 Å². The van der Waals surface area contributed by atoms with Crippen LogP contribution in [0.15, 0.2) is 23.9 Å². The van der Waals surface area contributed by atoms with Crippen molar-refractivity contribution in [2.45, 2.75) is 0 Å². The average molecular weight is 138 g/mol. The van der Waals surface area contributed by atoms with E-state index in [0.29, 0.717) is 6.61 Å². The molecule has 0 radical (unpaired) electrons. The second kappa shape index (κ2) is 3.71. The van der Waals surface area contributed by atoms with Crippen LogP contribution in [-0.2, 0) is 4.74 Å². The molecule has 54 valence electrons. The standard InChI is InChI=1S/C7H10N2O/c8-6-10-5-7-2-1-3-9-4-7/h1-3,6,8-9H,4-5H2. The normalized spacial score (nSPS) is 15.4. The molecule has 0 saturated heterocycles. The van der Waals surface area contributed by atoms with Gasteiger partial charge in [-0.15, -0.1) is 0 Å². The van der Waals surface area contributed by atoms with Gasteiger partial charge in [0.05, 0.1) is 0 Å². The third-order valence-electron chi connectivity index (χ3n) is 1.23. The Labute approximate surface area is 59.9 Å². The van der Waals surface area contributed by atoms with Crippen molar-refractivity contribution in [2.24, 2.45) is 0 Å². The molecule has 0 atom stereocenters. The number of hydrogen-bond donors (Lipinski definition) is 2. The maximum atomic E-state index is 6.61. The van der Waals surface area contributed by atoms with Crippen LogP contribution in [0.1, 0.15) is 0 Å². The second-order valence-corrected chi connectivity index (χ2v) is 1.99. The molecule has 0 spiro atoms. The van der Waals surface area contributed by atoms with E-state index in [9.17, 15) is 0 Å². The summed E-state index contributed by atoms with van der Waals surface area (Å²) in [6.07, 6.45) is 6.75. The van der Waals surface area contributed by atoms with Crippen molar-refractivity contribution in [2.75, 3.05) is 13.2 Å². The van der Waals surface area contributed by atoms with E-state index in [1.54, 1.807) is 0 Å². The van der Waals surface area contributed by atoms with Gasteiger partial charge in [-0.1, -0.05) is 6.08 Å². The summed E-state index contributed by atoms with van der Waals surface area (Å²) in [5.74, 6) is 0. The predicted molar refractivity (Wildman–Crippen MR) is 40.0 cm³/mol. The van der Waals surface area contributed by atoms with Gasteiger partial charge in [-0.05, 0) is 17.8 Å². The first-order valence-corrected chi connectivity index (χ1v) is 3.12.